The zero-order valence-electron chi connectivity index (χ0n) is 14.7. The first kappa shape index (κ1) is 17.6. The number of anilines is 2. The van der Waals surface area contributed by atoms with E-state index in [1.165, 1.54) is 17.4 Å². The first-order chi connectivity index (χ1) is 12.8. The van der Waals surface area contributed by atoms with E-state index in [9.17, 15) is 4.79 Å². The Balaban J connectivity index is 1.28. The Bertz CT molecular complexity index is 724. The van der Waals surface area contributed by atoms with Crippen LogP contribution in [-0.2, 0) is 4.79 Å². The first-order valence-electron chi connectivity index (χ1n) is 9.08. The van der Waals surface area contributed by atoms with Crippen molar-refractivity contribution in [1.29, 1.82) is 0 Å². The normalized spacial score (nSPS) is 17.8. The van der Waals surface area contributed by atoms with Gasteiger partial charge in [-0.25, -0.2) is 0 Å². The highest BCUT2D eigenvalue weighted by molar-refractivity contribution is 8.01. The van der Waals surface area contributed by atoms with E-state index >= 15 is 0 Å². The van der Waals surface area contributed by atoms with Crippen molar-refractivity contribution in [2.45, 2.75) is 17.2 Å². The molecule has 0 bridgehead atoms. The van der Waals surface area contributed by atoms with Crippen molar-refractivity contribution in [3.63, 3.8) is 0 Å². The van der Waals surface area contributed by atoms with Gasteiger partial charge in [-0.3, -0.25) is 4.79 Å². The minimum Gasteiger partial charge on any atom is -0.368 e. The highest BCUT2D eigenvalue weighted by Crippen LogP contribution is 2.29. The van der Waals surface area contributed by atoms with Gasteiger partial charge in [-0.2, -0.15) is 0 Å². The molecule has 1 aromatic heterocycles. The minimum absolute atomic E-state index is 0.223. The van der Waals surface area contributed by atoms with Crippen LogP contribution in [0.2, 0.25) is 0 Å². The van der Waals surface area contributed by atoms with Gasteiger partial charge in [0.2, 0.25) is 11.0 Å². The summed E-state index contributed by atoms with van der Waals surface area (Å²) in [5.41, 5.74) is 1.28. The van der Waals surface area contributed by atoms with Gasteiger partial charge in [0.15, 0.2) is 4.34 Å². The summed E-state index contributed by atoms with van der Waals surface area (Å²) in [5.74, 6) is 0.692. The number of hydrogen-bond acceptors (Lipinski definition) is 7. The Morgan fingerprint density at radius 1 is 0.962 bits per heavy atom. The highest BCUT2D eigenvalue weighted by Gasteiger charge is 2.22. The molecular formula is C18H23N5OS2. The molecule has 138 valence electrons. The third-order valence-electron chi connectivity index (χ3n) is 4.85. The number of benzene rings is 1. The number of rotatable bonds is 5. The number of carbonyl (C=O) groups excluding carboxylic acids is 1. The molecule has 2 fully saturated rings. The van der Waals surface area contributed by atoms with Gasteiger partial charge in [-0.15, -0.1) is 10.2 Å². The number of carbonyl (C=O) groups is 1. The standard InChI is InChI=1S/C18H23N5OS2/c24-16(22-8-4-5-9-22)14-25-18-20-19-17(26-18)23-12-10-21(11-13-23)15-6-2-1-3-7-15/h1-3,6-7H,4-5,8-14H2. The number of hydrogen-bond donors (Lipinski definition) is 0. The van der Waals surface area contributed by atoms with Gasteiger partial charge in [-0.1, -0.05) is 41.3 Å². The molecule has 0 aliphatic carbocycles. The quantitative estimate of drug-likeness (QED) is 0.733. The molecule has 0 atom stereocenters. The van der Waals surface area contributed by atoms with Gasteiger partial charge in [0.1, 0.15) is 0 Å². The molecule has 0 N–H and O–H groups in total. The van der Waals surface area contributed by atoms with Crippen LogP contribution in [0.1, 0.15) is 12.8 Å². The van der Waals surface area contributed by atoms with Crippen molar-refractivity contribution in [2.24, 2.45) is 0 Å². The van der Waals surface area contributed by atoms with Crippen LogP contribution in [0.15, 0.2) is 34.7 Å². The SMILES string of the molecule is O=C(CSc1nnc(N2CCN(c3ccccc3)CC2)s1)N1CCCC1. The maximum Gasteiger partial charge on any atom is 0.233 e. The average molecular weight is 390 g/mol. The Hall–Kier alpha value is -1.80. The van der Waals surface area contributed by atoms with E-state index in [-0.39, 0.29) is 5.91 Å². The molecule has 0 radical (unpaired) electrons. The summed E-state index contributed by atoms with van der Waals surface area (Å²) in [5, 5.41) is 9.58. The largest absolute Gasteiger partial charge is 0.368 e. The molecule has 26 heavy (non-hydrogen) atoms. The van der Waals surface area contributed by atoms with E-state index in [0.717, 1.165) is 61.6 Å². The molecular weight excluding hydrogens is 366 g/mol. The van der Waals surface area contributed by atoms with E-state index in [1.54, 1.807) is 11.3 Å². The number of piperazine rings is 1. The topological polar surface area (TPSA) is 52.6 Å². The minimum atomic E-state index is 0.223. The fourth-order valence-electron chi connectivity index (χ4n) is 3.36. The van der Waals surface area contributed by atoms with Gasteiger partial charge in [0.05, 0.1) is 5.75 Å². The molecule has 1 aromatic carbocycles. The third-order valence-corrected chi connectivity index (χ3v) is 6.95. The van der Waals surface area contributed by atoms with Gasteiger partial charge in [0, 0.05) is 45.0 Å². The average Bonchev–Trinajstić information content (AvgIpc) is 3.39. The highest BCUT2D eigenvalue weighted by atomic mass is 32.2. The lowest BCUT2D eigenvalue weighted by atomic mass is 10.2. The molecule has 3 heterocycles. The smallest absolute Gasteiger partial charge is 0.233 e. The molecule has 1 amide bonds. The molecule has 6 nitrogen and oxygen atoms in total. The second-order valence-corrected chi connectivity index (χ2v) is 8.72. The van der Waals surface area contributed by atoms with E-state index in [1.807, 2.05) is 4.90 Å². The molecule has 2 saturated heterocycles. The van der Waals surface area contributed by atoms with Crippen molar-refractivity contribution in [2.75, 3.05) is 54.8 Å². The number of nitrogens with zero attached hydrogens (tertiary/aromatic N) is 5. The Kier molecular flexibility index (Phi) is 5.59. The fourth-order valence-corrected chi connectivity index (χ4v) is 5.16. The van der Waals surface area contributed by atoms with Crippen LogP contribution in [0.3, 0.4) is 0 Å². The first-order valence-corrected chi connectivity index (χ1v) is 10.9. The van der Waals surface area contributed by atoms with E-state index in [2.05, 4.69) is 50.3 Å². The summed E-state index contributed by atoms with van der Waals surface area (Å²) in [6.45, 7) is 5.68. The number of likely N-dealkylation sites (tertiary alicyclic amines) is 1. The summed E-state index contributed by atoms with van der Waals surface area (Å²) in [7, 11) is 0. The summed E-state index contributed by atoms with van der Waals surface area (Å²) in [6, 6.07) is 10.5. The Labute approximate surface area is 162 Å². The summed E-state index contributed by atoms with van der Waals surface area (Å²) < 4.78 is 0.887. The van der Waals surface area contributed by atoms with Crippen LogP contribution in [0.5, 0.6) is 0 Å². The zero-order chi connectivity index (χ0) is 17.8. The molecule has 0 spiro atoms. The second-order valence-electron chi connectivity index (χ2n) is 6.54. The van der Waals surface area contributed by atoms with Gasteiger partial charge in [-0.05, 0) is 25.0 Å². The van der Waals surface area contributed by atoms with Crippen LogP contribution >= 0.6 is 23.1 Å². The summed E-state index contributed by atoms with van der Waals surface area (Å²) >= 11 is 3.11. The van der Waals surface area contributed by atoms with Crippen molar-refractivity contribution >= 4 is 39.8 Å². The van der Waals surface area contributed by atoms with Crippen LogP contribution in [-0.4, -0.2) is 66.0 Å². The summed E-state index contributed by atoms with van der Waals surface area (Å²) in [4.78, 5) is 18.8. The van der Waals surface area contributed by atoms with Gasteiger partial charge >= 0.3 is 0 Å². The van der Waals surface area contributed by atoms with Crippen LogP contribution < -0.4 is 9.80 Å². The maximum absolute atomic E-state index is 12.1. The molecule has 2 aromatic rings. The van der Waals surface area contributed by atoms with Gasteiger partial charge in [0.25, 0.3) is 0 Å². The van der Waals surface area contributed by atoms with Crippen molar-refractivity contribution in [3.05, 3.63) is 30.3 Å². The van der Waals surface area contributed by atoms with Crippen molar-refractivity contribution in [3.8, 4) is 0 Å². The molecule has 8 heteroatoms. The predicted molar refractivity (Wildman–Crippen MR) is 107 cm³/mol. The Morgan fingerprint density at radius 3 is 2.38 bits per heavy atom. The number of thioether (sulfide) groups is 1. The van der Waals surface area contributed by atoms with Crippen molar-refractivity contribution in [1.82, 2.24) is 15.1 Å². The van der Waals surface area contributed by atoms with E-state index in [4.69, 9.17) is 0 Å². The molecule has 2 aliphatic heterocycles. The zero-order valence-corrected chi connectivity index (χ0v) is 16.3. The number of aromatic nitrogens is 2. The lowest BCUT2D eigenvalue weighted by Gasteiger charge is -2.35. The van der Waals surface area contributed by atoms with Crippen LogP contribution in [0.4, 0.5) is 10.8 Å². The maximum atomic E-state index is 12.1. The van der Waals surface area contributed by atoms with Crippen LogP contribution in [0, 0.1) is 0 Å². The number of para-hydroxylation sites is 1. The third kappa shape index (κ3) is 4.12. The van der Waals surface area contributed by atoms with E-state index < -0.39 is 0 Å². The van der Waals surface area contributed by atoms with Crippen molar-refractivity contribution < 1.29 is 4.79 Å². The molecule has 0 unspecified atom stereocenters. The monoisotopic (exact) mass is 389 g/mol. The Morgan fingerprint density at radius 2 is 1.65 bits per heavy atom. The summed E-state index contributed by atoms with van der Waals surface area (Å²) in [6.07, 6.45) is 2.27. The van der Waals surface area contributed by atoms with Gasteiger partial charge < -0.3 is 14.7 Å². The lowest BCUT2D eigenvalue weighted by molar-refractivity contribution is -0.127. The molecule has 4 rings (SSSR count). The molecule has 0 saturated carbocycles. The lowest BCUT2D eigenvalue weighted by Crippen LogP contribution is -2.46. The number of amides is 1. The predicted octanol–water partition coefficient (Wildman–Crippen LogP) is 2.58. The van der Waals surface area contributed by atoms with E-state index in [0.29, 0.717) is 5.75 Å². The van der Waals surface area contributed by atoms with Crippen LogP contribution in [0.25, 0.3) is 0 Å². The second kappa shape index (κ2) is 8.26. The fraction of sp³-hybridized carbons (Fsp3) is 0.500. The molecule has 2 aliphatic rings.